The highest BCUT2D eigenvalue weighted by Crippen LogP contribution is 2.04. The molecule has 0 unspecified atom stereocenters. The molecule has 0 spiro atoms. The van der Waals surface area contributed by atoms with Crippen molar-refractivity contribution in [3.8, 4) is 0 Å². The predicted molar refractivity (Wildman–Crippen MR) is 48.3 cm³/mol. The molecule has 0 aromatic carbocycles. The molecule has 0 atom stereocenters. The van der Waals surface area contributed by atoms with Gasteiger partial charge in [-0.25, -0.2) is 0 Å². The predicted octanol–water partition coefficient (Wildman–Crippen LogP) is 2.22. The summed E-state index contributed by atoms with van der Waals surface area (Å²) >= 11 is 0. The maximum Gasteiger partial charge on any atom is 0.0864 e. The molecule has 2 nitrogen and oxygen atoms in total. The van der Waals surface area contributed by atoms with E-state index in [1.165, 1.54) is 0 Å². The van der Waals surface area contributed by atoms with Crippen molar-refractivity contribution in [1.29, 1.82) is 0 Å². The van der Waals surface area contributed by atoms with Crippen LogP contribution in [0.1, 0.15) is 27.7 Å². The normalized spacial score (nSPS) is 11.5. The lowest BCUT2D eigenvalue weighted by Crippen LogP contribution is -2.36. The van der Waals surface area contributed by atoms with E-state index >= 15 is 0 Å². The average molecular weight is 157 g/mol. The third-order valence-corrected chi connectivity index (χ3v) is 1.36. The minimum atomic E-state index is 0.426. The summed E-state index contributed by atoms with van der Waals surface area (Å²) < 4.78 is 0. The summed E-state index contributed by atoms with van der Waals surface area (Å²) in [4.78, 5) is 5.43. The molecule has 0 aliphatic rings. The van der Waals surface area contributed by atoms with Crippen LogP contribution >= 0.6 is 0 Å². The van der Waals surface area contributed by atoms with E-state index in [-0.39, 0.29) is 0 Å². The van der Waals surface area contributed by atoms with Crippen LogP contribution in [0.4, 0.5) is 0 Å². The van der Waals surface area contributed by atoms with Gasteiger partial charge in [0.2, 0.25) is 0 Å². The van der Waals surface area contributed by atoms with Crippen LogP contribution in [0.3, 0.4) is 0 Å². The van der Waals surface area contributed by atoms with Crippen molar-refractivity contribution in [3.05, 3.63) is 12.7 Å². The summed E-state index contributed by atoms with van der Waals surface area (Å²) in [6.45, 7) is 12.6. The van der Waals surface area contributed by atoms with Gasteiger partial charge in [0.1, 0.15) is 0 Å². The standard InChI is InChI=1S/C9H19NO/c1-6-7-11-10(8(2)3)9(4)5/h6,8-9H,1,7H2,2-5H3. The van der Waals surface area contributed by atoms with E-state index < -0.39 is 0 Å². The molecule has 0 fully saturated rings. The number of hydrogen-bond donors (Lipinski definition) is 0. The lowest BCUT2D eigenvalue weighted by molar-refractivity contribution is -0.189. The van der Waals surface area contributed by atoms with Crippen molar-refractivity contribution < 1.29 is 4.84 Å². The maximum atomic E-state index is 5.43. The van der Waals surface area contributed by atoms with Crippen LogP contribution < -0.4 is 0 Å². The van der Waals surface area contributed by atoms with Crippen molar-refractivity contribution in [2.45, 2.75) is 39.8 Å². The number of rotatable bonds is 5. The number of hydrogen-bond acceptors (Lipinski definition) is 2. The fourth-order valence-electron chi connectivity index (χ4n) is 1.03. The molecule has 11 heavy (non-hydrogen) atoms. The van der Waals surface area contributed by atoms with Gasteiger partial charge in [0, 0.05) is 12.1 Å². The van der Waals surface area contributed by atoms with Gasteiger partial charge in [-0.2, -0.15) is 5.06 Å². The van der Waals surface area contributed by atoms with Gasteiger partial charge in [-0.1, -0.05) is 6.08 Å². The third-order valence-electron chi connectivity index (χ3n) is 1.36. The van der Waals surface area contributed by atoms with Crippen molar-refractivity contribution in [2.24, 2.45) is 0 Å². The molecule has 0 bridgehead atoms. The second-order valence-corrected chi connectivity index (χ2v) is 3.13. The van der Waals surface area contributed by atoms with Gasteiger partial charge in [-0.15, -0.1) is 6.58 Å². The molecule has 0 aromatic rings. The van der Waals surface area contributed by atoms with E-state index in [0.29, 0.717) is 18.7 Å². The maximum absolute atomic E-state index is 5.43. The smallest absolute Gasteiger partial charge is 0.0864 e. The fraction of sp³-hybridized carbons (Fsp3) is 0.778. The summed E-state index contributed by atoms with van der Waals surface area (Å²) in [5.41, 5.74) is 0. The van der Waals surface area contributed by atoms with E-state index in [2.05, 4.69) is 34.3 Å². The molecule has 0 heterocycles. The lowest BCUT2D eigenvalue weighted by atomic mass is 10.3. The molecule has 0 saturated heterocycles. The van der Waals surface area contributed by atoms with Crippen molar-refractivity contribution in [3.63, 3.8) is 0 Å². The molecule has 0 radical (unpaired) electrons. The van der Waals surface area contributed by atoms with E-state index in [0.717, 1.165) is 0 Å². The van der Waals surface area contributed by atoms with Crippen LogP contribution in [0.5, 0.6) is 0 Å². The van der Waals surface area contributed by atoms with Gasteiger partial charge in [0.25, 0.3) is 0 Å². The van der Waals surface area contributed by atoms with Gasteiger partial charge in [-0.05, 0) is 27.7 Å². The summed E-state index contributed by atoms with van der Waals surface area (Å²) in [7, 11) is 0. The van der Waals surface area contributed by atoms with Gasteiger partial charge < -0.3 is 0 Å². The zero-order valence-electron chi connectivity index (χ0n) is 8.00. The van der Waals surface area contributed by atoms with Crippen LogP contribution in [0, 0.1) is 0 Å². The molecule has 2 heteroatoms. The molecule has 0 amide bonds. The zero-order valence-corrected chi connectivity index (χ0v) is 8.00. The Balaban J connectivity index is 3.79. The van der Waals surface area contributed by atoms with Gasteiger partial charge in [0.15, 0.2) is 0 Å². The Morgan fingerprint density at radius 2 is 1.73 bits per heavy atom. The Morgan fingerprint density at radius 3 is 2.00 bits per heavy atom. The van der Waals surface area contributed by atoms with Crippen molar-refractivity contribution in [2.75, 3.05) is 6.61 Å². The Morgan fingerprint density at radius 1 is 1.27 bits per heavy atom. The van der Waals surface area contributed by atoms with Gasteiger partial charge in [0.05, 0.1) is 6.61 Å². The quantitative estimate of drug-likeness (QED) is 0.448. The second kappa shape index (κ2) is 5.33. The van der Waals surface area contributed by atoms with Crippen molar-refractivity contribution in [1.82, 2.24) is 5.06 Å². The van der Waals surface area contributed by atoms with Crippen molar-refractivity contribution >= 4 is 0 Å². The number of nitrogens with zero attached hydrogens (tertiary/aromatic N) is 1. The second-order valence-electron chi connectivity index (χ2n) is 3.13. The van der Waals surface area contributed by atoms with Crippen LogP contribution in [-0.2, 0) is 4.84 Å². The van der Waals surface area contributed by atoms with Crippen LogP contribution in [-0.4, -0.2) is 23.8 Å². The third kappa shape index (κ3) is 4.17. The van der Waals surface area contributed by atoms with E-state index in [4.69, 9.17) is 4.84 Å². The minimum Gasteiger partial charge on any atom is -0.294 e. The largest absolute Gasteiger partial charge is 0.294 e. The van der Waals surface area contributed by atoms with Gasteiger partial charge >= 0.3 is 0 Å². The SMILES string of the molecule is C=CCON(C(C)C)C(C)C. The molecule has 66 valence electrons. The van der Waals surface area contributed by atoms with Gasteiger partial charge in [-0.3, -0.25) is 4.84 Å². The summed E-state index contributed by atoms with van der Waals surface area (Å²) in [6.07, 6.45) is 1.76. The van der Waals surface area contributed by atoms with E-state index in [1.54, 1.807) is 6.08 Å². The zero-order chi connectivity index (χ0) is 8.85. The first-order valence-electron chi connectivity index (χ1n) is 4.11. The highest BCUT2D eigenvalue weighted by atomic mass is 16.7. The first-order valence-corrected chi connectivity index (χ1v) is 4.11. The van der Waals surface area contributed by atoms with E-state index in [9.17, 15) is 0 Å². The highest BCUT2D eigenvalue weighted by Gasteiger charge is 2.12. The minimum absolute atomic E-state index is 0.426. The topological polar surface area (TPSA) is 12.5 Å². The molecule has 0 aromatic heterocycles. The van der Waals surface area contributed by atoms with Crippen LogP contribution in [0.25, 0.3) is 0 Å². The van der Waals surface area contributed by atoms with E-state index in [1.807, 2.05) is 5.06 Å². The summed E-state index contributed by atoms with van der Waals surface area (Å²) in [5.74, 6) is 0. The van der Waals surface area contributed by atoms with Crippen LogP contribution in [0.2, 0.25) is 0 Å². The van der Waals surface area contributed by atoms with Crippen LogP contribution in [0.15, 0.2) is 12.7 Å². The first kappa shape index (κ1) is 10.7. The summed E-state index contributed by atoms with van der Waals surface area (Å²) in [6, 6.07) is 0.852. The molecular weight excluding hydrogens is 138 g/mol. The molecule has 0 rings (SSSR count). The first-order chi connectivity index (χ1) is 5.09. The summed E-state index contributed by atoms with van der Waals surface area (Å²) in [5, 5.41) is 1.97. The molecule has 0 saturated carbocycles. The Kier molecular flexibility index (Phi) is 5.16. The molecule has 0 N–H and O–H groups in total. The molecule has 0 aliphatic carbocycles. The molecule has 0 aliphatic heterocycles. The Bertz CT molecular complexity index is 102. The fourth-order valence-corrected chi connectivity index (χ4v) is 1.03. The number of hydroxylamine groups is 2. The average Bonchev–Trinajstić information content (AvgIpc) is 1.87. The lowest BCUT2D eigenvalue weighted by Gasteiger charge is -2.28. The molecular formula is C9H19NO. The highest BCUT2D eigenvalue weighted by molar-refractivity contribution is 4.65. The Labute approximate surface area is 69.8 Å². The monoisotopic (exact) mass is 157 g/mol. The Hall–Kier alpha value is -0.340.